The molecule has 1 atom stereocenters. The van der Waals surface area contributed by atoms with E-state index in [0.29, 0.717) is 30.1 Å². The Bertz CT molecular complexity index is 1300. The van der Waals surface area contributed by atoms with Gasteiger partial charge in [-0.05, 0) is 74.7 Å². The minimum absolute atomic E-state index is 0.0165. The van der Waals surface area contributed by atoms with Crippen molar-refractivity contribution in [3.63, 3.8) is 0 Å². The van der Waals surface area contributed by atoms with Crippen LogP contribution in [0.25, 0.3) is 0 Å². The van der Waals surface area contributed by atoms with E-state index in [1.54, 1.807) is 11.9 Å². The lowest BCUT2D eigenvalue weighted by Crippen LogP contribution is -2.53. The highest BCUT2D eigenvalue weighted by atomic mass is 35.5. The fourth-order valence-electron chi connectivity index (χ4n) is 6.91. The van der Waals surface area contributed by atoms with Crippen molar-refractivity contribution in [2.75, 3.05) is 46.9 Å². The summed E-state index contributed by atoms with van der Waals surface area (Å²) in [6, 6.07) is 11.4. The van der Waals surface area contributed by atoms with Crippen molar-refractivity contribution >= 4 is 29.8 Å². The predicted octanol–water partition coefficient (Wildman–Crippen LogP) is 5.47. The van der Waals surface area contributed by atoms with Crippen molar-refractivity contribution in [3.05, 3.63) is 58.1 Å². The fourth-order valence-corrected chi connectivity index (χ4v) is 7.14. The van der Waals surface area contributed by atoms with Gasteiger partial charge in [-0.3, -0.25) is 19.3 Å². The standard InChI is InChI=1S/C34H43ClN2O6/c1-36(32(39)23-42-30-20-29(41-2)26(22-38)19-28(30)35)15-7-9-24-8-6-10-27(18-24)34(13-4-3-5-14-34)33(40)43-31-21-37-16-11-25(31)12-17-37/h6,8,10,18-20,22,25,31H,3-5,7,9,11-17,21,23H2,1-2H3/t31-/m0/s1. The van der Waals surface area contributed by atoms with Gasteiger partial charge in [0.25, 0.3) is 5.91 Å². The van der Waals surface area contributed by atoms with Gasteiger partial charge in [0.05, 0.1) is 23.1 Å². The fraction of sp³-hybridized carbons (Fsp3) is 0.559. The number of carbonyl (C=O) groups excluding carboxylic acids is 3. The number of aldehydes is 1. The van der Waals surface area contributed by atoms with Gasteiger partial charge in [0.15, 0.2) is 12.9 Å². The Morgan fingerprint density at radius 1 is 1.09 bits per heavy atom. The molecular formula is C34H43ClN2O6. The number of ether oxygens (including phenoxy) is 3. The van der Waals surface area contributed by atoms with E-state index >= 15 is 0 Å². The summed E-state index contributed by atoms with van der Waals surface area (Å²) in [6.07, 6.45) is 9.37. The van der Waals surface area contributed by atoms with Gasteiger partial charge in [0.2, 0.25) is 0 Å². The molecule has 6 rings (SSSR count). The average molecular weight is 611 g/mol. The van der Waals surface area contributed by atoms with Gasteiger partial charge >= 0.3 is 5.97 Å². The molecule has 4 aliphatic rings. The highest BCUT2D eigenvalue weighted by Crippen LogP contribution is 2.42. The molecule has 2 aromatic carbocycles. The van der Waals surface area contributed by atoms with E-state index in [-0.39, 0.29) is 35.4 Å². The lowest BCUT2D eigenvalue weighted by atomic mass is 9.69. The quantitative estimate of drug-likeness (QED) is 0.233. The average Bonchev–Trinajstić information content (AvgIpc) is 3.04. The Hall–Kier alpha value is -3.10. The summed E-state index contributed by atoms with van der Waals surface area (Å²) in [7, 11) is 3.20. The lowest BCUT2D eigenvalue weighted by molar-refractivity contribution is -0.167. The van der Waals surface area contributed by atoms with Crippen LogP contribution in [0.4, 0.5) is 0 Å². The number of methoxy groups -OCH3 is 1. The van der Waals surface area contributed by atoms with Crippen molar-refractivity contribution in [3.8, 4) is 11.5 Å². The number of aryl methyl sites for hydroxylation is 1. The zero-order valence-electron chi connectivity index (χ0n) is 25.3. The number of fused-ring (bicyclic) bond motifs is 3. The van der Waals surface area contributed by atoms with Gasteiger partial charge in [-0.25, -0.2) is 0 Å². The minimum Gasteiger partial charge on any atom is -0.496 e. The maximum atomic E-state index is 13.9. The Labute approximate surface area is 259 Å². The van der Waals surface area contributed by atoms with E-state index in [2.05, 4.69) is 29.2 Å². The molecule has 2 aromatic rings. The smallest absolute Gasteiger partial charge is 0.316 e. The molecule has 232 valence electrons. The monoisotopic (exact) mass is 610 g/mol. The first-order valence-corrected chi connectivity index (χ1v) is 15.9. The number of amides is 1. The van der Waals surface area contributed by atoms with E-state index in [1.807, 2.05) is 0 Å². The lowest BCUT2D eigenvalue weighted by Gasteiger charge is -2.45. The Kier molecular flexibility index (Phi) is 10.3. The number of hydrogen-bond donors (Lipinski definition) is 0. The van der Waals surface area contributed by atoms with Crippen LogP contribution in [0.3, 0.4) is 0 Å². The van der Waals surface area contributed by atoms with Gasteiger partial charge in [-0.1, -0.05) is 55.1 Å². The second-order valence-electron chi connectivity index (χ2n) is 12.3. The minimum atomic E-state index is -0.571. The Morgan fingerprint density at radius 2 is 1.86 bits per heavy atom. The number of hydrogen-bond acceptors (Lipinski definition) is 7. The molecule has 9 heteroatoms. The van der Waals surface area contributed by atoms with Crippen LogP contribution >= 0.6 is 11.6 Å². The SMILES string of the molecule is COc1cc(OCC(=O)N(C)CCCc2cccc(C3(C(=O)O[C@H]4CN5CCC4CC5)CCCCC3)c2)c(Cl)cc1C=O. The first-order valence-electron chi connectivity index (χ1n) is 15.6. The summed E-state index contributed by atoms with van der Waals surface area (Å²) in [5, 5.41) is 0.238. The molecule has 0 aromatic heterocycles. The summed E-state index contributed by atoms with van der Waals surface area (Å²) in [5.41, 5.74) is 1.97. The number of rotatable bonds is 12. The van der Waals surface area contributed by atoms with Gasteiger partial charge in [0, 0.05) is 26.2 Å². The molecule has 0 N–H and O–H groups in total. The molecular weight excluding hydrogens is 568 g/mol. The number of esters is 1. The van der Waals surface area contributed by atoms with Crippen molar-refractivity contribution in [2.24, 2.45) is 5.92 Å². The number of benzene rings is 2. The molecule has 0 unspecified atom stereocenters. The van der Waals surface area contributed by atoms with Crippen molar-refractivity contribution < 1.29 is 28.6 Å². The van der Waals surface area contributed by atoms with Crippen LogP contribution in [0, 0.1) is 5.92 Å². The summed E-state index contributed by atoms with van der Waals surface area (Å²) in [6.45, 7) is 3.50. The number of carbonyl (C=O) groups is 3. The first kappa shape index (κ1) is 31.3. The maximum absolute atomic E-state index is 13.9. The largest absolute Gasteiger partial charge is 0.496 e. The zero-order chi connectivity index (χ0) is 30.4. The zero-order valence-corrected chi connectivity index (χ0v) is 26.1. The van der Waals surface area contributed by atoms with Gasteiger partial charge in [-0.15, -0.1) is 0 Å². The normalized spacial score (nSPS) is 22.4. The molecule has 43 heavy (non-hydrogen) atoms. The molecule has 3 aliphatic heterocycles. The van der Waals surface area contributed by atoms with E-state index in [4.69, 9.17) is 25.8 Å². The third-order valence-corrected chi connectivity index (χ3v) is 9.87. The van der Waals surface area contributed by atoms with E-state index in [1.165, 1.54) is 19.2 Å². The van der Waals surface area contributed by atoms with Gasteiger partial charge < -0.3 is 19.1 Å². The van der Waals surface area contributed by atoms with Crippen LogP contribution in [0.15, 0.2) is 36.4 Å². The van der Waals surface area contributed by atoms with Crippen molar-refractivity contribution in [1.29, 1.82) is 0 Å². The molecule has 1 saturated carbocycles. The molecule has 0 spiro atoms. The van der Waals surface area contributed by atoms with Crippen LogP contribution < -0.4 is 9.47 Å². The van der Waals surface area contributed by atoms with Crippen LogP contribution in [0.2, 0.25) is 5.02 Å². The van der Waals surface area contributed by atoms with Crippen LogP contribution in [-0.4, -0.2) is 81.0 Å². The Morgan fingerprint density at radius 3 is 2.53 bits per heavy atom. The summed E-state index contributed by atoms with van der Waals surface area (Å²) in [4.78, 5) is 41.9. The number of piperidine rings is 3. The van der Waals surface area contributed by atoms with E-state index in [0.717, 1.165) is 88.5 Å². The molecule has 0 radical (unpaired) electrons. The molecule has 2 bridgehead atoms. The number of nitrogens with zero attached hydrogens (tertiary/aromatic N) is 2. The topological polar surface area (TPSA) is 85.4 Å². The molecule has 3 saturated heterocycles. The number of likely N-dealkylation sites (N-methyl/N-ethyl adjacent to an activating group) is 1. The summed E-state index contributed by atoms with van der Waals surface area (Å²) in [5.74, 6) is 0.895. The first-order chi connectivity index (χ1) is 20.8. The van der Waals surface area contributed by atoms with Crippen molar-refractivity contribution in [2.45, 2.75) is 69.3 Å². The highest BCUT2D eigenvalue weighted by molar-refractivity contribution is 6.32. The van der Waals surface area contributed by atoms with Gasteiger partial charge in [0.1, 0.15) is 17.6 Å². The summed E-state index contributed by atoms with van der Waals surface area (Å²) >= 11 is 6.22. The highest BCUT2D eigenvalue weighted by Gasteiger charge is 2.45. The third kappa shape index (κ3) is 7.18. The molecule has 3 heterocycles. The van der Waals surface area contributed by atoms with E-state index < -0.39 is 5.41 Å². The predicted molar refractivity (Wildman–Crippen MR) is 165 cm³/mol. The van der Waals surface area contributed by atoms with Crippen LogP contribution in [0.5, 0.6) is 11.5 Å². The van der Waals surface area contributed by atoms with Crippen molar-refractivity contribution in [1.82, 2.24) is 9.80 Å². The maximum Gasteiger partial charge on any atom is 0.316 e. The Balaban J connectivity index is 1.16. The van der Waals surface area contributed by atoms with Gasteiger partial charge in [-0.2, -0.15) is 0 Å². The molecule has 1 amide bonds. The third-order valence-electron chi connectivity index (χ3n) is 9.58. The van der Waals surface area contributed by atoms with Crippen LogP contribution in [0.1, 0.15) is 72.9 Å². The van der Waals surface area contributed by atoms with Crippen LogP contribution in [-0.2, 0) is 26.2 Å². The van der Waals surface area contributed by atoms with E-state index in [9.17, 15) is 14.4 Å². The molecule has 8 nitrogen and oxygen atoms in total. The number of halogens is 1. The second kappa shape index (κ2) is 14.1. The summed E-state index contributed by atoms with van der Waals surface area (Å²) < 4.78 is 17.2. The molecule has 1 aliphatic carbocycles. The molecule has 4 fully saturated rings. The second-order valence-corrected chi connectivity index (χ2v) is 12.7.